The number of aromatic nitrogens is 1. The molecule has 0 aromatic carbocycles. The molecule has 1 aromatic rings. The van der Waals surface area contributed by atoms with E-state index in [1.54, 1.807) is 0 Å². The number of nitrogens with zero attached hydrogens (tertiary/aromatic N) is 1. The van der Waals surface area contributed by atoms with E-state index < -0.39 is 11.7 Å². The zero-order valence-corrected chi connectivity index (χ0v) is 13.1. The predicted octanol–water partition coefficient (Wildman–Crippen LogP) is 2.46. The first kappa shape index (κ1) is 15.2. The summed E-state index contributed by atoms with van der Waals surface area (Å²) in [7, 11) is 0. The zero-order valence-electron chi connectivity index (χ0n) is 12.3. The highest BCUT2D eigenvalue weighted by Crippen LogP contribution is 2.29. The number of rotatable bonds is 2. The lowest BCUT2D eigenvalue weighted by Gasteiger charge is -2.22. The van der Waals surface area contributed by atoms with Gasteiger partial charge in [0.2, 0.25) is 0 Å². The molecular weight excluding hydrogens is 278 g/mol. The van der Waals surface area contributed by atoms with Crippen molar-refractivity contribution in [2.75, 3.05) is 25.1 Å². The summed E-state index contributed by atoms with van der Waals surface area (Å²) in [4.78, 5) is 17.2. The fraction of sp³-hybridized carbons (Fsp3) is 0.692. The van der Waals surface area contributed by atoms with E-state index in [0.717, 1.165) is 23.7 Å². The average molecular weight is 299 g/mol. The molecule has 7 heteroatoms. The van der Waals surface area contributed by atoms with Gasteiger partial charge in [-0.25, -0.2) is 9.78 Å². The van der Waals surface area contributed by atoms with Crippen molar-refractivity contribution in [2.45, 2.75) is 39.3 Å². The zero-order chi connectivity index (χ0) is 14.8. The maximum Gasteiger partial charge on any atom is 0.413 e. The van der Waals surface area contributed by atoms with E-state index >= 15 is 0 Å². The van der Waals surface area contributed by atoms with Crippen molar-refractivity contribution in [1.82, 2.24) is 10.3 Å². The number of hydrogen-bond acceptors (Lipinski definition) is 6. The summed E-state index contributed by atoms with van der Waals surface area (Å²) in [5.74, 6) is 0. The molecule has 1 unspecified atom stereocenters. The predicted molar refractivity (Wildman–Crippen MR) is 78.3 cm³/mol. The first-order valence-corrected chi connectivity index (χ1v) is 7.45. The smallest absolute Gasteiger partial charge is 0.413 e. The lowest BCUT2D eigenvalue weighted by atomic mass is 10.2. The summed E-state index contributed by atoms with van der Waals surface area (Å²) >= 11 is 1.45. The Bertz CT molecular complexity index is 476. The van der Waals surface area contributed by atoms with E-state index in [9.17, 15) is 4.79 Å². The highest BCUT2D eigenvalue weighted by atomic mass is 32.1. The molecule has 0 radical (unpaired) electrons. The van der Waals surface area contributed by atoms with Crippen molar-refractivity contribution in [3.8, 4) is 0 Å². The Hall–Kier alpha value is -1.18. The molecule has 6 nitrogen and oxygen atoms in total. The van der Waals surface area contributed by atoms with Gasteiger partial charge in [-0.1, -0.05) is 11.3 Å². The van der Waals surface area contributed by atoms with Gasteiger partial charge in [-0.3, -0.25) is 5.32 Å². The first-order valence-electron chi connectivity index (χ1n) is 6.63. The molecule has 112 valence electrons. The average Bonchev–Trinajstić information content (AvgIpc) is 2.68. The second-order valence-electron chi connectivity index (χ2n) is 5.68. The van der Waals surface area contributed by atoms with E-state index in [4.69, 9.17) is 9.47 Å². The second-order valence-corrected chi connectivity index (χ2v) is 6.71. The molecule has 1 aliphatic rings. The second kappa shape index (κ2) is 6.07. The number of thiazole rings is 1. The first-order chi connectivity index (χ1) is 9.35. The standard InChI is InChI=1S/C13H21N3O3S/c1-8-10(9-7-18-6-5-14-9)20-11(15-8)16-12(17)19-13(2,3)4/h9,14H,5-7H2,1-4H3,(H,15,16,17). The molecule has 2 N–H and O–H groups in total. The van der Waals surface area contributed by atoms with Crippen LogP contribution < -0.4 is 10.6 Å². The largest absolute Gasteiger partial charge is 0.444 e. The van der Waals surface area contributed by atoms with Crippen molar-refractivity contribution in [3.63, 3.8) is 0 Å². The van der Waals surface area contributed by atoms with E-state index in [1.165, 1.54) is 11.3 Å². The minimum Gasteiger partial charge on any atom is -0.444 e. The Balaban J connectivity index is 2.01. The summed E-state index contributed by atoms with van der Waals surface area (Å²) < 4.78 is 10.7. The summed E-state index contributed by atoms with van der Waals surface area (Å²) in [5, 5.41) is 6.61. The van der Waals surface area contributed by atoms with Crippen LogP contribution in [0.25, 0.3) is 0 Å². The minimum absolute atomic E-state index is 0.149. The van der Waals surface area contributed by atoms with E-state index in [1.807, 2.05) is 27.7 Å². The van der Waals surface area contributed by atoms with Crippen molar-refractivity contribution in [3.05, 3.63) is 10.6 Å². The van der Waals surface area contributed by atoms with Crippen molar-refractivity contribution >= 4 is 22.6 Å². The molecular formula is C13H21N3O3S. The van der Waals surface area contributed by atoms with Gasteiger partial charge in [-0.05, 0) is 27.7 Å². The molecule has 1 atom stereocenters. The van der Waals surface area contributed by atoms with Crippen LogP contribution in [0.4, 0.5) is 9.93 Å². The molecule has 2 rings (SSSR count). The summed E-state index contributed by atoms with van der Waals surface area (Å²) in [6.07, 6.45) is -0.481. The Labute approximate surface area is 122 Å². The highest BCUT2D eigenvalue weighted by molar-refractivity contribution is 7.16. The molecule has 0 spiro atoms. The molecule has 0 bridgehead atoms. The lowest BCUT2D eigenvalue weighted by molar-refractivity contribution is 0.0636. The number of morpholine rings is 1. The fourth-order valence-corrected chi connectivity index (χ4v) is 2.92. The maximum absolute atomic E-state index is 11.7. The molecule has 1 aliphatic heterocycles. The summed E-state index contributed by atoms with van der Waals surface area (Å²) in [5.41, 5.74) is 0.391. The quantitative estimate of drug-likeness (QED) is 0.877. The Morgan fingerprint density at radius 3 is 2.90 bits per heavy atom. The maximum atomic E-state index is 11.7. The molecule has 1 fully saturated rings. The van der Waals surface area contributed by atoms with Crippen molar-refractivity contribution in [2.24, 2.45) is 0 Å². The van der Waals surface area contributed by atoms with Gasteiger partial charge in [-0.2, -0.15) is 0 Å². The van der Waals surface area contributed by atoms with Gasteiger partial charge in [0.05, 0.1) is 24.9 Å². The molecule has 1 aromatic heterocycles. The van der Waals surface area contributed by atoms with Crippen LogP contribution in [0.15, 0.2) is 0 Å². The van der Waals surface area contributed by atoms with Gasteiger partial charge >= 0.3 is 6.09 Å². The third-order valence-electron chi connectivity index (χ3n) is 2.68. The highest BCUT2D eigenvalue weighted by Gasteiger charge is 2.22. The summed E-state index contributed by atoms with van der Waals surface area (Å²) in [6, 6.07) is 0.149. The van der Waals surface area contributed by atoms with Gasteiger partial charge in [-0.15, -0.1) is 0 Å². The van der Waals surface area contributed by atoms with E-state index in [-0.39, 0.29) is 6.04 Å². The van der Waals surface area contributed by atoms with Crippen molar-refractivity contribution in [1.29, 1.82) is 0 Å². The number of aryl methyl sites for hydroxylation is 1. The third kappa shape index (κ3) is 4.16. The van der Waals surface area contributed by atoms with Crippen LogP contribution in [0.3, 0.4) is 0 Å². The molecule has 0 aliphatic carbocycles. The normalized spacial score (nSPS) is 19.7. The number of amides is 1. The number of carbonyl (C=O) groups excluding carboxylic acids is 1. The topological polar surface area (TPSA) is 72.5 Å². The molecule has 2 heterocycles. The van der Waals surface area contributed by atoms with Crippen LogP contribution in [-0.4, -0.2) is 36.4 Å². The van der Waals surface area contributed by atoms with Crippen LogP contribution in [-0.2, 0) is 9.47 Å². The molecule has 0 saturated carbocycles. The molecule has 20 heavy (non-hydrogen) atoms. The van der Waals surface area contributed by atoms with E-state index in [0.29, 0.717) is 11.7 Å². The fourth-order valence-electron chi connectivity index (χ4n) is 1.91. The Kier molecular flexibility index (Phi) is 4.62. The monoisotopic (exact) mass is 299 g/mol. The van der Waals surface area contributed by atoms with Gasteiger partial charge in [0.25, 0.3) is 0 Å². The van der Waals surface area contributed by atoms with Crippen LogP contribution in [0.5, 0.6) is 0 Å². The summed E-state index contributed by atoms with van der Waals surface area (Å²) in [6.45, 7) is 9.61. The number of ether oxygens (including phenoxy) is 2. The van der Waals surface area contributed by atoms with Gasteiger partial charge in [0, 0.05) is 11.4 Å². The molecule has 1 saturated heterocycles. The van der Waals surface area contributed by atoms with Gasteiger partial charge < -0.3 is 14.8 Å². The van der Waals surface area contributed by atoms with Crippen LogP contribution >= 0.6 is 11.3 Å². The Morgan fingerprint density at radius 2 is 2.30 bits per heavy atom. The number of nitrogens with one attached hydrogen (secondary N) is 2. The lowest BCUT2D eigenvalue weighted by Crippen LogP contribution is -2.34. The number of hydrogen-bond donors (Lipinski definition) is 2. The van der Waals surface area contributed by atoms with Crippen LogP contribution in [0, 0.1) is 6.92 Å². The van der Waals surface area contributed by atoms with Gasteiger partial charge in [0.1, 0.15) is 5.60 Å². The third-order valence-corrected chi connectivity index (χ3v) is 3.87. The number of anilines is 1. The van der Waals surface area contributed by atoms with Crippen molar-refractivity contribution < 1.29 is 14.3 Å². The van der Waals surface area contributed by atoms with Gasteiger partial charge in [0.15, 0.2) is 5.13 Å². The number of carbonyl (C=O) groups is 1. The van der Waals surface area contributed by atoms with Crippen LogP contribution in [0.1, 0.15) is 37.4 Å². The Morgan fingerprint density at radius 1 is 1.55 bits per heavy atom. The molecule has 1 amide bonds. The van der Waals surface area contributed by atoms with Crippen LogP contribution in [0.2, 0.25) is 0 Å². The SMILES string of the molecule is Cc1nc(NC(=O)OC(C)(C)C)sc1C1COCCN1. The van der Waals surface area contributed by atoms with E-state index in [2.05, 4.69) is 15.6 Å². The minimum atomic E-state index is -0.516.